The normalized spacial score (nSPS) is 11.8. The molecule has 418 valence electrons. The topological polar surface area (TPSA) is 82.2 Å². The van der Waals surface area contributed by atoms with Crippen LogP contribution in [0.3, 0.4) is 0 Å². The van der Waals surface area contributed by atoms with Crippen molar-refractivity contribution in [1.82, 2.24) is 33.2 Å². The molecule has 0 aliphatic rings. The van der Waals surface area contributed by atoms with Gasteiger partial charge in [0.15, 0.2) is 17.5 Å². The number of fused-ring (bicyclic) bond motifs is 14. The van der Waals surface area contributed by atoms with Gasteiger partial charge in [0.25, 0.3) is 0 Å². The molecule has 0 N–H and O–H groups in total. The summed E-state index contributed by atoms with van der Waals surface area (Å²) in [6, 6.07) is 110. The molecule has 0 fully saturated rings. The molecule has 0 saturated carbocycles. The van der Waals surface area contributed by atoms with Crippen LogP contribution in [0, 0.1) is 11.3 Å². The molecule has 8 nitrogen and oxygen atoms in total. The minimum absolute atomic E-state index is 0.548. The molecule has 5 aromatic heterocycles. The van der Waals surface area contributed by atoms with Crippen LogP contribution >= 0.6 is 0 Å². The van der Waals surface area contributed by atoms with Crippen molar-refractivity contribution in [3.05, 3.63) is 309 Å². The predicted octanol–water partition coefficient (Wildman–Crippen LogP) is 20.5. The number of hydrogen-bond donors (Lipinski definition) is 0. The molecule has 18 rings (SSSR count). The van der Waals surface area contributed by atoms with Gasteiger partial charge < -0.3 is 18.3 Å². The van der Waals surface area contributed by atoms with Crippen molar-refractivity contribution >= 4 is 87.2 Å². The van der Waals surface area contributed by atoms with E-state index in [1.807, 2.05) is 54.6 Å². The fraction of sp³-hybridized carbons (Fsp3) is 0. The first kappa shape index (κ1) is 50.8. The standard InChI is InChI=1S/C82H50N8/c83-51-52-22-21-27-55(48-52)56-40-42-62(75(50-56)90-71-39-20-16-35-66(71)77-74(90)47-44-64-61-33-14-18-37-69(61)88(79(64)77)59-30-11-4-12-31-59)67-49-57(82-85-80(53-23-5-1-6-24-53)84-81(86-82)54-25-7-2-8-26-54)41-45-72(67)89-70-38-19-15-34-65(70)76-73(89)46-43-63-60-32-13-17-36-68(60)87(78(63)76)58-28-9-3-10-29-58/h1-50H. The number of nitriles is 1. The van der Waals surface area contributed by atoms with Gasteiger partial charge in [-0.05, 0) is 108 Å². The van der Waals surface area contributed by atoms with Crippen molar-refractivity contribution < 1.29 is 0 Å². The fourth-order valence-electron chi connectivity index (χ4n) is 14.1. The summed E-state index contributed by atoms with van der Waals surface area (Å²) in [6.45, 7) is 0. The second kappa shape index (κ2) is 20.3. The van der Waals surface area contributed by atoms with Gasteiger partial charge in [-0.1, -0.05) is 206 Å². The molecule has 0 spiro atoms. The lowest BCUT2D eigenvalue weighted by Gasteiger charge is -2.21. The molecule has 0 saturated heterocycles. The summed E-state index contributed by atoms with van der Waals surface area (Å²) in [5.41, 5.74) is 20.0. The van der Waals surface area contributed by atoms with Crippen molar-refractivity contribution in [1.29, 1.82) is 5.26 Å². The third-order valence-corrected chi connectivity index (χ3v) is 18.0. The lowest BCUT2D eigenvalue weighted by molar-refractivity contribution is 1.07. The van der Waals surface area contributed by atoms with Crippen LogP contribution in [0.25, 0.3) is 166 Å². The largest absolute Gasteiger partial charge is 0.309 e. The van der Waals surface area contributed by atoms with E-state index >= 15 is 0 Å². The Bertz CT molecular complexity index is 5910. The third kappa shape index (κ3) is 7.83. The average molecular weight is 1150 g/mol. The smallest absolute Gasteiger partial charge is 0.164 e. The second-order valence-electron chi connectivity index (χ2n) is 23.0. The molecule has 0 amide bonds. The Morgan fingerprint density at radius 2 is 0.667 bits per heavy atom. The molecule has 0 unspecified atom stereocenters. The highest BCUT2D eigenvalue weighted by Crippen LogP contribution is 2.48. The molecule has 0 aliphatic carbocycles. The van der Waals surface area contributed by atoms with Crippen molar-refractivity contribution in [3.63, 3.8) is 0 Å². The first-order valence-electron chi connectivity index (χ1n) is 30.3. The SMILES string of the molecule is N#Cc1cccc(-c2ccc(-c3cc(-c4nc(-c5ccccc5)nc(-c5ccccc5)n4)ccc3-n3c4ccccc4c4c3ccc3c5ccccc5n(-c5ccccc5)c34)c(-n3c4ccccc4c4c3ccc3c5ccccc5n(-c5ccccc5)c34)c2)c1. The van der Waals surface area contributed by atoms with Crippen LogP contribution in [0.4, 0.5) is 0 Å². The number of rotatable bonds is 9. The highest BCUT2D eigenvalue weighted by Gasteiger charge is 2.27. The van der Waals surface area contributed by atoms with Crippen LogP contribution in [0.15, 0.2) is 303 Å². The molecule has 0 atom stereocenters. The second-order valence-corrected chi connectivity index (χ2v) is 23.0. The minimum Gasteiger partial charge on any atom is -0.309 e. The maximum absolute atomic E-state index is 10.3. The number of aromatic nitrogens is 7. The van der Waals surface area contributed by atoms with E-state index in [9.17, 15) is 5.26 Å². The molecule has 5 heterocycles. The zero-order valence-corrected chi connectivity index (χ0v) is 48.4. The Morgan fingerprint density at radius 3 is 1.18 bits per heavy atom. The van der Waals surface area contributed by atoms with Crippen LogP contribution in [0.1, 0.15) is 5.56 Å². The number of para-hydroxylation sites is 6. The van der Waals surface area contributed by atoms with Gasteiger partial charge in [0.1, 0.15) is 0 Å². The molecule has 0 aliphatic heterocycles. The van der Waals surface area contributed by atoms with Gasteiger partial charge in [0.05, 0.1) is 67.1 Å². The minimum atomic E-state index is 0.548. The molecule has 18 aromatic rings. The van der Waals surface area contributed by atoms with Gasteiger partial charge >= 0.3 is 0 Å². The summed E-state index contributed by atoms with van der Waals surface area (Å²) < 4.78 is 9.82. The summed E-state index contributed by atoms with van der Waals surface area (Å²) in [5, 5.41) is 19.6. The van der Waals surface area contributed by atoms with E-state index in [1.165, 1.54) is 21.5 Å². The van der Waals surface area contributed by atoms with E-state index in [1.54, 1.807) is 0 Å². The third-order valence-electron chi connectivity index (χ3n) is 18.0. The number of nitrogens with zero attached hydrogens (tertiary/aromatic N) is 8. The first-order chi connectivity index (χ1) is 44.6. The lowest BCUT2D eigenvalue weighted by atomic mass is 9.94. The van der Waals surface area contributed by atoms with E-state index in [0.29, 0.717) is 23.0 Å². The molecule has 8 heteroatoms. The molecule has 0 radical (unpaired) electrons. The summed E-state index contributed by atoms with van der Waals surface area (Å²) in [4.78, 5) is 15.9. The Kier molecular flexibility index (Phi) is 11.5. The predicted molar refractivity (Wildman–Crippen MR) is 369 cm³/mol. The van der Waals surface area contributed by atoms with Crippen molar-refractivity contribution in [2.45, 2.75) is 0 Å². The number of hydrogen-bond acceptors (Lipinski definition) is 4. The van der Waals surface area contributed by atoms with Crippen LogP contribution in [-0.2, 0) is 0 Å². The number of benzene rings is 13. The van der Waals surface area contributed by atoms with E-state index in [4.69, 9.17) is 15.0 Å². The Balaban J connectivity index is 0.988. The maximum Gasteiger partial charge on any atom is 0.164 e. The Morgan fingerprint density at radius 1 is 0.256 bits per heavy atom. The fourth-order valence-corrected chi connectivity index (χ4v) is 14.1. The van der Waals surface area contributed by atoms with Gasteiger partial charge in [-0.3, -0.25) is 0 Å². The van der Waals surface area contributed by atoms with E-state index in [-0.39, 0.29) is 0 Å². The molecule has 13 aromatic carbocycles. The van der Waals surface area contributed by atoms with E-state index in [2.05, 4.69) is 273 Å². The van der Waals surface area contributed by atoms with Crippen LogP contribution < -0.4 is 0 Å². The van der Waals surface area contributed by atoms with Gasteiger partial charge in [0, 0.05) is 82.3 Å². The molecule has 90 heavy (non-hydrogen) atoms. The zero-order chi connectivity index (χ0) is 59.4. The van der Waals surface area contributed by atoms with Crippen LogP contribution in [0.2, 0.25) is 0 Å². The van der Waals surface area contributed by atoms with Crippen molar-refractivity contribution in [2.24, 2.45) is 0 Å². The quantitative estimate of drug-likeness (QED) is 0.144. The lowest BCUT2D eigenvalue weighted by Crippen LogP contribution is -2.04. The van der Waals surface area contributed by atoms with Crippen molar-refractivity contribution in [3.8, 4) is 85.2 Å². The van der Waals surface area contributed by atoms with Gasteiger partial charge in [-0.15, -0.1) is 0 Å². The highest BCUT2D eigenvalue weighted by molar-refractivity contribution is 6.28. The van der Waals surface area contributed by atoms with Gasteiger partial charge in [0.2, 0.25) is 0 Å². The van der Waals surface area contributed by atoms with Gasteiger partial charge in [-0.2, -0.15) is 5.26 Å². The maximum atomic E-state index is 10.3. The van der Waals surface area contributed by atoms with E-state index in [0.717, 1.165) is 127 Å². The molecular weight excluding hydrogens is 1100 g/mol. The summed E-state index contributed by atoms with van der Waals surface area (Å²) in [5.74, 6) is 1.71. The van der Waals surface area contributed by atoms with Crippen LogP contribution in [0.5, 0.6) is 0 Å². The molecular formula is C82H50N8. The summed E-state index contributed by atoms with van der Waals surface area (Å²) in [7, 11) is 0. The van der Waals surface area contributed by atoms with Crippen LogP contribution in [-0.4, -0.2) is 33.2 Å². The molecule has 0 bridgehead atoms. The highest BCUT2D eigenvalue weighted by atomic mass is 15.1. The first-order valence-corrected chi connectivity index (χ1v) is 30.3. The Hall–Kier alpha value is -12.4. The summed E-state index contributed by atoms with van der Waals surface area (Å²) >= 11 is 0. The zero-order valence-electron chi connectivity index (χ0n) is 48.4. The monoisotopic (exact) mass is 1150 g/mol. The average Bonchev–Trinajstić information content (AvgIpc) is 1.71. The summed E-state index contributed by atoms with van der Waals surface area (Å²) in [6.07, 6.45) is 0. The van der Waals surface area contributed by atoms with Gasteiger partial charge in [-0.25, -0.2) is 15.0 Å². The van der Waals surface area contributed by atoms with E-state index < -0.39 is 0 Å². The Labute approximate surface area is 516 Å². The van der Waals surface area contributed by atoms with Crippen molar-refractivity contribution in [2.75, 3.05) is 0 Å².